The average Bonchev–Trinajstić information content (AvgIpc) is 2.72. The smallest absolute Gasteiger partial charge is 0.230 e. The van der Waals surface area contributed by atoms with Gasteiger partial charge in [0, 0.05) is 6.42 Å². The van der Waals surface area contributed by atoms with Gasteiger partial charge in [0.25, 0.3) is 0 Å². The van der Waals surface area contributed by atoms with Crippen molar-refractivity contribution in [3.8, 4) is 0 Å². The first-order valence-electron chi connectivity index (χ1n) is 4.38. The number of rotatable bonds is 3. The molecule has 3 heteroatoms. The zero-order valence-corrected chi connectivity index (χ0v) is 7.60. The molecule has 0 aromatic heterocycles. The lowest BCUT2D eigenvalue weighted by atomic mass is 10.1. The van der Waals surface area contributed by atoms with Crippen LogP contribution < -0.4 is 0 Å². The van der Waals surface area contributed by atoms with Crippen molar-refractivity contribution >= 4 is 5.78 Å². The Labute approximate surface area is 81.9 Å². The van der Waals surface area contributed by atoms with Gasteiger partial charge in [0.05, 0.1) is 0 Å². The van der Waals surface area contributed by atoms with Gasteiger partial charge in [-0.25, -0.2) is 0 Å². The van der Waals surface area contributed by atoms with Crippen molar-refractivity contribution in [2.75, 3.05) is 6.79 Å². The summed E-state index contributed by atoms with van der Waals surface area (Å²) in [6.45, 7) is 0.149. The van der Waals surface area contributed by atoms with Crippen molar-refractivity contribution in [2.24, 2.45) is 0 Å². The van der Waals surface area contributed by atoms with Gasteiger partial charge in [-0.3, -0.25) is 4.79 Å². The quantitative estimate of drug-likeness (QED) is 0.726. The first-order chi connectivity index (χ1) is 6.86. The summed E-state index contributed by atoms with van der Waals surface area (Å²) < 4.78 is 9.79. The van der Waals surface area contributed by atoms with E-state index in [2.05, 4.69) is 0 Å². The summed E-state index contributed by atoms with van der Waals surface area (Å²) in [7, 11) is 0. The number of benzene rings is 1. The molecule has 1 aromatic carbocycles. The fourth-order valence-electron chi connectivity index (χ4n) is 1.26. The van der Waals surface area contributed by atoms with E-state index in [1.54, 1.807) is 0 Å². The topological polar surface area (TPSA) is 35.5 Å². The largest absolute Gasteiger partial charge is 0.461 e. The maximum Gasteiger partial charge on any atom is 0.230 e. The highest BCUT2D eigenvalue weighted by Gasteiger charge is 2.15. The summed E-state index contributed by atoms with van der Waals surface area (Å²) in [5, 5.41) is 0. The molecule has 1 aliphatic heterocycles. The van der Waals surface area contributed by atoms with Crippen molar-refractivity contribution in [1.29, 1.82) is 0 Å². The Balaban J connectivity index is 2.01. The molecule has 72 valence electrons. The number of ketones is 1. The van der Waals surface area contributed by atoms with Gasteiger partial charge >= 0.3 is 0 Å². The predicted octanol–water partition coefficient (Wildman–Crippen LogP) is 1.64. The molecule has 0 fully saturated rings. The zero-order chi connectivity index (χ0) is 9.80. The molecule has 0 bridgehead atoms. The molecule has 14 heavy (non-hydrogen) atoms. The molecule has 0 radical (unpaired) electrons. The van der Waals surface area contributed by atoms with Crippen LogP contribution in [0.25, 0.3) is 0 Å². The Bertz CT molecular complexity index is 354. The van der Waals surface area contributed by atoms with Gasteiger partial charge in [-0.2, -0.15) is 0 Å². The van der Waals surface area contributed by atoms with E-state index >= 15 is 0 Å². The van der Waals surface area contributed by atoms with Crippen LogP contribution in [0, 0.1) is 0 Å². The van der Waals surface area contributed by atoms with Crippen molar-refractivity contribution in [3.05, 3.63) is 47.9 Å². The van der Waals surface area contributed by atoms with E-state index in [-0.39, 0.29) is 12.6 Å². The van der Waals surface area contributed by atoms with Crippen LogP contribution >= 0.6 is 0 Å². The molecule has 1 heterocycles. The molecule has 0 atom stereocenters. The Hall–Kier alpha value is -1.77. The van der Waals surface area contributed by atoms with Crippen LogP contribution in [0.1, 0.15) is 5.56 Å². The normalized spacial score (nSPS) is 14.1. The highest BCUT2D eigenvalue weighted by Crippen LogP contribution is 2.11. The molecule has 0 spiro atoms. The van der Waals surface area contributed by atoms with Crippen molar-refractivity contribution in [1.82, 2.24) is 0 Å². The third-order valence-corrected chi connectivity index (χ3v) is 1.96. The third kappa shape index (κ3) is 1.93. The average molecular weight is 190 g/mol. The third-order valence-electron chi connectivity index (χ3n) is 1.96. The molecular formula is C11H10O3. The second kappa shape index (κ2) is 3.96. The first kappa shape index (κ1) is 8.81. The molecule has 1 aliphatic rings. The zero-order valence-electron chi connectivity index (χ0n) is 7.60. The van der Waals surface area contributed by atoms with Crippen molar-refractivity contribution in [2.45, 2.75) is 6.42 Å². The minimum absolute atomic E-state index is 0.0475. The molecule has 2 rings (SSSR count). The number of carbonyl (C=O) groups excluding carboxylic acids is 1. The predicted molar refractivity (Wildman–Crippen MR) is 50.3 cm³/mol. The van der Waals surface area contributed by atoms with Crippen LogP contribution in [-0.2, 0) is 20.7 Å². The molecule has 0 saturated carbocycles. The lowest BCUT2D eigenvalue weighted by Gasteiger charge is -2.00. The summed E-state index contributed by atoms with van der Waals surface area (Å²) >= 11 is 0. The molecule has 0 saturated heterocycles. The number of hydrogen-bond acceptors (Lipinski definition) is 3. The number of ether oxygens (including phenoxy) is 2. The van der Waals surface area contributed by atoms with Crippen LogP contribution in [0.4, 0.5) is 0 Å². The van der Waals surface area contributed by atoms with E-state index in [0.29, 0.717) is 12.2 Å². The molecular weight excluding hydrogens is 180 g/mol. The van der Waals surface area contributed by atoms with Crippen molar-refractivity contribution < 1.29 is 14.3 Å². The van der Waals surface area contributed by atoms with Gasteiger partial charge in [-0.05, 0) is 5.56 Å². The summed E-state index contributed by atoms with van der Waals surface area (Å²) in [6.07, 6.45) is 1.72. The summed E-state index contributed by atoms with van der Waals surface area (Å²) in [4.78, 5) is 11.5. The Morgan fingerprint density at radius 3 is 2.71 bits per heavy atom. The molecule has 0 unspecified atom stereocenters. The minimum atomic E-state index is -0.0475. The van der Waals surface area contributed by atoms with E-state index in [4.69, 9.17) is 9.47 Å². The fraction of sp³-hybridized carbons (Fsp3) is 0.182. The van der Waals surface area contributed by atoms with Crippen LogP contribution in [0.3, 0.4) is 0 Å². The second-order valence-electron chi connectivity index (χ2n) is 3.00. The Morgan fingerprint density at radius 1 is 1.29 bits per heavy atom. The van der Waals surface area contributed by atoms with E-state index in [9.17, 15) is 4.79 Å². The summed E-state index contributed by atoms with van der Waals surface area (Å²) in [5.74, 6) is 0.266. The van der Waals surface area contributed by atoms with Gasteiger partial charge in [0.15, 0.2) is 0 Å². The van der Waals surface area contributed by atoms with Gasteiger partial charge in [-0.1, -0.05) is 30.3 Å². The Kier molecular flexibility index (Phi) is 2.49. The molecule has 3 nitrogen and oxygen atoms in total. The number of allylic oxidation sites excluding steroid dienone is 1. The summed E-state index contributed by atoms with van der Waals surface area (Å²) in [5.41, 5.74) is 0.980. The number of hydrogen-bond donors (Lipinski definition) is 0. The first-order valence-corrected chi connectivity index (χ1v) is 4.38. The fourth-order valence-corrected chi connectivity index (χ4v) is 1.26. The van der Waals surface area contributed by atoms with Gasteiger partial charge in [-0.15, -0.1) is 0 Å². The maximum absolute atomic E-state index is 11.5. The van der Waals surface area contributed by atoms with E-state index < -0.39 is 0 Å². The molecule has 0 amide bonds. The Morgan fingerprint density at radius 2 is 2.07 bits per heavy atom. The monoisotopic (exact) mass is 190 g/mol. The van der Waals surface area contributed by atoms with Crippen LogP contribution in [0.2, 0.25) is 0 Å². The van der Waals surface area contributed by atoms with Crippen LogP contribution in [-0.4, -0.2) is 12.6 Å². The van der Waals surface area contributed by atoms with Crippen molar-refractivity contribution in [3.63, 3.8) is 0 Å². The SMILES string of the molecule is O=C(Cc1ccccc1)C1=COCO1. The van der Waals surface area contributed by atoms with Gasteiger partial charge in [0.1, 0.15) is 6.26 Å². The van der Waals surface area contributed by atoms with Crippen LogP contribution in [0.5, 0.6) is 0 Å². The highest BCUT2D eigenvalue weighted by atomic mass is 16.7. The van der Waals surface area contributed by atoms with Crippen LogP contribution in [0.15, 0.2) is 42.4 Å². The second-order valence-corrected chi connectivity index (χ2v) is 3.00. The standard InChI is InChI=1S/C11H10O3/c12-10(11-7-13-8-14-11)6-9-4-2-1-3-5-9/h1-5,7H,6,8H2. The van der Waals surface area contributed by atoms with Gasteiger partial charge < -0.3 is 9.47 Å². The lowest BCUT2D eigenvalue weighted by Crippen LogP contribution is -2.06. The number of Topliss-reactive ketones (excluding diaryl/α,β-unsaturated/α-hetero) is 1. The maximum atomic E-state index is 11.5. The molecule has 0 N–H and O–H groups in total. The van der Waals surface area contributed by atoms with Gasteiger partial charge in [0.2, 0.25) is 18.3 Å². The molecule has 0 aliphatic carbocycles. The lowest BCUT2D eigenvalue weighted by molar-refractivity contribution is -0.118. The summed E-state index contributed by atoms with van der Waals surface area (Å²) in [6, 6.07) is 9.55. The molecule has 1 aromatic rings. The highest BCUT2D eigenvalue weighted by molar-refractivity contribution is 5.94. The van der Waals surface area contributed by atoms with E-state index in [0.717, 1.165) is 5.56 Å². The van der Waals surface area contributed by atoms with E-state index in [1.165, 1.54) is 6.26 Å². The minimum Gasteiger partial charge on any atom is -0.461 e. The number of carbonyl (C=O) groups is 1. The van der Waals surface area contributed by atoms with E-state index in [1.807, 2.05) is 30.3 Å².